The van der Waals surface area contributed by atoms with Crippen molar-refractivity contribution in [2.45, 2.75) is 0 Å². The van der Waals surface area contributed by atoms with E-state index >= 15 is 0 Å². The third kappa shape index (κ3) is 260. The van der Waals surface area contributed by atoms with Crippen molar-refractivity contribution in [3.8, 4) is 0 Å². The normalized spacial score (nSPS) is 6.78. The number of carbonyl (C=O) groups is 1. The van der Waals surface area contributed by atoms with Gasteiger partial charge in [0.25, 0.3) is 5.95 Å². The highest BCUT2D eigenvalue weighted by molar-refractivity contribution is 5.68. The van der Waals surface area contributed by atoms with E-state index in [1.165, 1.54) is 0 Å². The summed E-state index contributed by atoms with van der Waals surface area (Å²) >= 11 is 0. The van der Waals surface area contributed by atoms with Crippen LogP contribution in [0.15, 0.2) is 12.5 Å². The Bertz CT molecular complexity index is 96.7. The van der Waals surface area contributed by atoms with Crippen molar-refractivity contribution in [1.82, 2.24) is 0 Å². The van der Waals surface area contributed by atoms with E-state index in [-0.39, 0.29) is 6.54 Å². The topological polar surface area (TPSA) is 104 Å². The number of nitrogens with two attached hydrogens (primary N) is 1. The van der Waals surface area contributed by atoms with Gasteiger partial charge in [-0.2, -0.15) is 0 Å². The SMILES string of the molecule is C=C(O)O.NCC(=O)O. The summed E-state index contributed by atoms with van der Waals surface area (Å²) in [6.45, 7) is 2.39. The Morgan fingerprint density at radius 2 is 1.56 bits per heavy atom. The zero-order chi connectivity index (χ0) is 7.86. The van der Waals surface area contributed by atoms with Crippen LogP contribution in [-0.2, 0) is 4.79 Å². The Kier molecular flexibility index (Phi) is 8.05. The van der Waals surface area contributed by atoms with Crippen molar-refractivity contribution in [3.63, 3.8) is 0 Å². The zero-order valence-electron chi connectivity index (χ0n) is 4.74. The lowest BCUT2D eigenvalue weighted by Gasteiger charge is -1.73. The molecule has 5 heteroatoms. The van der Waals surface area contributed by atoms with Crippen LogP contribution in [0, 0.1) is 0 Å². The fourth-order valence-electron chi connectivity index (χ4n) is 0. The Labute approximate surface area is 52.0 Å². The van der Waals surface area contributed by atoms with Gasteiger partial charge in [-0.15, -0.1) is 0 Å². The number of rotatable bonds is 1. The van der Waals surface area contributed by atoms with E-state index in [2.05, 4.69) is 12.3 Å². The lowest BCUT2D eigenvalue weighted by atomic mass is 10.7. The molecule has 0 radical (unpaired) electrons. The van der Waals surface area contributed by atoms with E-state index in [1.807, 2.05) is 0 Å². The summed E-state index contributed by atoms with van der Waals surface area (Å²) < 4.78 is 0. The summed E-state index contributed by atoms with van der Waals surface area (Å²) in [6.07, 6.45) is 0. The predicted octanol–water partition coefficient (Wildman–Crippen LogP) is -0.397. The highest BCUT2D eigenvalue weighted by Gasteiger charge is 1.81. The molecule has 0 saturated carbocycles. The Morgan fingerprint density at radius 1 is 1.44 bits per heavy atom. The number of aliphatic hydroxyl groups excluding tert-OH is 1. The van der Waals surface area contributed by atoms with Crippen LogP contribution in [-0.4, -0.2) is 27.8 Å². The summed E-state index contributed by atoms with van der Waals surface area (Å²) in [5, 5.41) is 22.4. The van der Waals surface area contributed by atoms with E-state index in [0.29, 0.717) is 0 Å². The molecule has 0 spiro atoms. The van der Waals surface area contributed by atoms with Gasteiger partial charge in [0.15, 0.2) is 0 Å². The predicted molar refractivity (Wildman–Crippen MR) is 31.1 cm³/mol. The molecule has 0 atom stereocenters. The zero-order valence-corrected chi connectivity index (χ0v) is 4.74. The largest absolute Gasteiger partial charge is 0.482 e. The molecule has 5 N–H and O–H groups in total. The van der Waals surface area contributed by atoms with E-state index in [4.69, 9.17) is 15.3 Å². The summed E-state index contributed by atoms with van der Waals surface area (Å²) in [4.78, 5) is 9.24. The second-order valence-electron chi connectivity index (χ2n) is 1.01. The first-order valence-corrected chi connectivity index (χ1v) is 1.99. The highest BCUT2D eigenvalue weighted by Crippen LogP contribution is 1.58. The Hall–Kier alpha value is -1.23. The summed E-state index contributed by atoms with van der Waals surface area (Å²) in [7, 11) is 0. The van der Waals surface area contributed by atoms with Gasteiger partial charge in [-0.3, -0.25) is 4.79 Å². The molecule has 54 valence electrons. The second-order valence-corrected chi connectivity index (χ2v) is 1.01. The van der Waals surface area contributed by atoms with Gasteiger partial charge in [0.2, 0.25) is 0 Å². The first-order chi connectivity index (χ1) is 4.00. The van der Waals surface area contributed by atoms with Gasteiger partial charge in [0.1, 0.15) is 0 Å². The molecular weight excluding hydrogens is 126 g/mol. The summed E-state index contributed by atoms with van der Waals surface area (Å²) in [5.74, 6) is -1.80. The van der Waals surface area contributed by atoms with Gasteiger partial charge in [-0.05, 0) is 6.58 Å². The maximum Gasteiger partial charge on any atom is 0.317 e. The average Bonchev–Trinajstić information content (AvgIpc) is 1.65. The minimum Gasteiger partial charge on any atom is -0.482 e. The maximum atomic E-state index is 9.24. The molecule has 0 saturated heterocycles. The Balaban J connectivity index is 0. The van der Waals surface area contributed by atoms with Crippen LogP contribution in [0.2, 0.25) is 0 Å². The molecule has 0 aliphatic heterocycles. The van der Waals surface area contributed by atoms with Crippen LogP contribution in [0.5, 0.6) is 0 Å². The lowest BCUT2D eigenvalue weighted by molar-refractivity contribution is -0.135. The van der Waals surface area contributed by atoms with Crippen molar-refractivity contribution in [3.05, 3.63) is 12.5 Å². The van der Waals surface area contributed by atoms with Crippen LogP contribution >= 0.6 is 0 Å². The number of hydrogen-bond acceptors (Lipinski definition) is 4. The van der Waals surface area contributed by atoms with E-state index in [0.717, 1.165) is 0 Å². The van der Waals surface area contributed by atoms with Gasteiger partial charge < -0.3 is 21.1 Å². The Morgan fingerprint density at radius 3 is 1.56 bits per heavy atom. The van der Waals surface area contributed by atoms with E-state index in [1.54, 1.807) is 0 Å². The van der Waals surface area contributed by atoms with Crippen LogP contribution in [0.3, 0.4) is 0 Å². The third-order valence-electron chi connectivity index (χ3n) is 0.175. The quantitative estimate of drug-likeness (QED) is 0.366. The number of hydrogen-bond donors (Lipinski definition) is 4. The average molecular weight is 135 g/mol. The number of carboxylic acid groups (broad SMARTS) is 1. The third-order valence-corrected chi connectivity index (χ3v) is 0.175. The highest BCUT2D eigenvalue weighted by atomic mass is 16.5. The molecule has 0 amide bonds. The maximum absolute atomic E-state index is 9.24. The van der Waals surface area contributed by atoms with Gasteiger partial charge in [0.05, 0.1) is 6.54 Å². The van der Waals surface area contributed by atoms with Gasteiger partial charge in [-0.1, -0.05) is 0 Å². The molecule has 0 aliphatic rings. The molecule has 5 nitrogen and oxygen atoms in total. The minimum atomic E-state index is -0.968. The van der Waals surface area contributed by atoms with Crippen LogP contribution in [0.4, 0.5) is 0 Å². The molecular formula is C4H9NO4. The molecule has 0 rings (SSSR count). The van der Waals surface area contributed by atoms with E-state index < -0.39 is 11.9 Å². The molecule has 0 aliphatic carbocycles. The summed E-state index contributed by atoms with van der Waals surface area (Å²) in [5.41, 5.74) is 4.57. The van der Waals surface area contributed by atoms with Crippen molar-refractivity contribution < 1.29 is 20.1 Å². The molecule has 0 unspecified atom stereocenters. The van der Waals surface area contributed by atoms with Gasteiger partial charge >= 0.3 is 5.97 Å². The lowest BCUT2D eigenvalue weighted by Crippen LogP contribution is -2.10. The van der Waals surface area contributed by atoms with Crippen LogP contribution < -0.4 is 5.73 Å². The smallest absolute Gasteiger partial charge is 0.317 e. The van der Waals surface area contributed by atoms with Crippen molar-refractivity contribution in [2.24, 2.45) is 5.73 Å². The van der Waals surface area contributed by atoms with Gasteiger partial charge in [0, 0.05) is 0 Å². The molecule has 0 aromatic rings. The first kappa shape index (κ1) is 10.7. The molecule has 0 aromatic heterocycles. The monoisotopic (exact) mass is 135 g/mol. The van der Waals surface area contributed by atoms with Crippen LogP contribution in [0.1, 0.15) is 0 Å². The van der Waals surface area contributed by atoms with E-state index in [9.17, 15) is 4.79 Å². The molecule has 0 bridgehead atoms. The molecule has 0 aromatic carbocycles. The molecule has 0 heterocycles. The number of aliphatic hydroxyl groups is 2. The molecule has 0 fully saturated rings. The molecule has 9 heavy (non-hydrogen) atoms. The van der Waals surface area contributed by atoms with Crippen molar-refractivity contribution in [2.75, 3.05) is 6.54 Å². The minimum absolute atomic E-state index is 0.278. The first-order valence-electron chi connectivity index (χ1n) is 1.99. The fraction of sp³-hybridized carbons (Fsp3) is 0.250. The standard InChI is InChI=1S/C2H5NO2.C2H4O2/c3-1-2(4)5;1-2(3)4/h1,3H2,(H,4,5);3-4H,1H2. The van der Waals surface area contributed by atoms with Crippen molar-refractivity contribution >= 4 is 5.97 Å². The second kappa shape index (κ2) is 6.77. The van der Waals surface area contributed by atoms with Crippen LogP contribution in [0.25, 0.3) is 0 Å². The van der Waals surface area contributed by atoms with Gasteiger partial charge in [-0.25, -0.2) is 0 Å². The van der Waals surface area contributed by atoms with Crippen molar-refractivity contribution in [1.29, 1.82) is 0 Å². The summed E-state index contributed by atoms with van der Waals surface area (Å²) in [6, 6.07) is 0. The fourth-order valence-corrected chi connectivity index (χ4v) is 0. The number of aliphatic carboxylic acids is 1. The number of carboxylic acids is 1.